The van der Waals surface area contributed by atoms with Crippen molar-refractivity contribution in [3.63, 3.8) is 0 Å². The van der Waals surface area contributed by atoms with E-state index >= 15 is 0 Å². The lowest BCUT2D eigenvalue weighted by molar-refractivity contribution is -0.120. The Labute approximate surface area is 125 Å². The second-order valence-electron chi connectivity index (χ2n) is 5.12. The monoisotopic (exact) mass is 292 g/mol. The number of rotatable bonds is 7. The zero-order valence-electron chi connectivity index (χ0n) is 12.4. The summed E-state index contributed by atoms with van der Waals surface area (Å²) in [5.41, 5.74) is 5.33. The molecule has 0 bridgehead atoms. The van der Waals surface area contributed by atoms with Crippen LogP contribution in [-0.4, -0.2) is 66.6 Å². The quantitative estimate of drug-likeness (QED) is 0.656. The molecule has 0 radical (unpaired) electrons. The maximum Gasteiger partial charge on any atom is 0.225 e. The number of aromatic nitrogens is 2. The number of nitrogens with zero attached hydrogens (tertiary/aromatic N) is 4. The molecule has 1 aromatic heterocycles. The van der Waals surface area contributed by atoms with Crippen LogP contribution >= 0.6 is 0 Å². The Bertz CT molecular complexity index is 419. The topological polar surface area (TPSA) is 87.4 Å². The van der Waals surface area contributed by atoms with Gasteiger partial charge in [0.1, 0.15) is 0 Å². The summed E-state index contributed by atoms with van der Waals surface area (Å²) in [5.74, 6) is 0.856. The van der Waals surface area contributed by atoms with Gasteiger partial charge >= 0.3 is 0 Å². The first-order valence-corrected chi connectivity index (χ1v) is 7.50. The van der Waals surface area contributed by atoms with Crippen LogP contribution in [0.1, 0.15) is 12.8 Å². The van der Waals surface area contributed by atoms with Gasteiger partial charge in [0.2, 0.25) is 11.9 Å². The zero-order valence-corrected chi connectivity index (χ0v) is 12.4. The fraction of sp³-hybridized carbons (Fsp3) is 0.643. The predicted molar refractivity (Wildman–Crippen MR) is 82.0 cm³/mol. The van der Waals surface area contributed by atoms with Crippen LogP contribution in [-0.2, 0) is 4.79 Å². The molecular formula is C14H24N6O. The Hall–Kier alpha value is -1.73. The third kappa shape index (κ3) is 5.28. The smallest absolute Gasteiger partial charge is 0.225 e. The molecule has 7 heteroatoms. The SMILES string of the molecule is NCCC(=O)NCCCN1CCN(c2ncccn2)CC1. The highest BCUT2D eigenvalue weighted by molar-refractivity contribution is 5.75. The van der Waals surface area contributed by atoms with Crippen LogP contribution in [0.4, 0.5) is 5.95 Å². The molecule has 0 unspecified atom stereocenters. The minimum absolute atomic E-state index is 0.0449. The van der Waals surface area contributed by atoms with Gasteiger partial charge in [-0.25, -0.2) is 9.97 Å². The fourth-order valence-corrected chi connectivity index (χ4v) is 2.38. The molecule has 0 aliphatic carbocycles. The van der Waals surface area contributed by atoms with Crippen LogP contribution in [0.5, 0.6) is 0 Å². The Morgan fingerprint density at radius 1 is 1.24 bits per heavy atom. The summed E-state index contributed by atoms with van der Waals surface area (Å²) in [6.45, 7) is 6.06. The zero-order chi connectivity index (χ0) is 14.9. The molecule has 1 aliphatic heterocycles. The minimum atomic E-state index is 0.0449. The van der Waals surface area contributed by atoms with Crippen LogP contribution < -0.4 is 16.0 Å². The lowest BCUT2D eigenvalue weighted by Crippen LogP contribution is -2.47. The molecule has 21 heavy (non-hydrogen) atoms. The molecule has 7 nitrogen and oxygen atoms in total. The first-order chi connectivity index (χ1) is 10.3. The van der Waals surface area contributed by atoms with Crippen LogP contribution in [0.3, 0.4) is 0 Å². The number of nitrogens with two attached hydrogens (primary N) is 1. The first-order valence-electron chi connectivity index (χ1n) is 7.50. The van der Waals surface area contributed by atoms with E-state index < -0.39 is 0 Å². The molecule has 1 aliphatic rings. The third-order valence-electron chi connectivity index (χ3n) is 3.55. The molecule has 3 N–H and O–H groups in total. The van der Waals surface area contributed by atoms with Gasteiger partial charge in [0.25, 0.3) is 0 Å². The van der Waals surface area contributed by atoms with E-state index in [1.165, 1.54) is 0 Å². The summed E-state index contributed by atoms with van der Waals surface area (Å²) >= 11 is 0. The van der Waals surface area contributed by atoms with Gasteiger partial charge < -0.3 is 16.0 Å². The number of piperazine rings is 1. The van der Waals surface area contributed by atoms with Crippen molar-refractivity contribution in [3.8, 4) is 0 Å². The molecular weight excluding hydrogens is 268 g/mol. The number of carbonyl (C=O) groups excluding carboxylic acids is 1. The number of carbonyl (C=O) groups is 1. The molecule has 0 aromatic carbocycles. The molecule has 2 heterocycles. The largest absolute Gasteiger partial charge is 0.356 e. The van der Waals surface area contributed by atoms with E-state index in [1.807, 2.05) is 6.07 Å². The summed E-state index contributed by atoms with van der Waals surface area (Å²) < 4.78 is 0. The van der Waals surface area contributed by atoms with Gasteiger partial charge in [0.05, 0.1) is 0 Å². The van der Waals surface area contributed by atoms with Gasteiger partial charge in [-0.15, -0.1) is 0 Å². The summed E-state index contributed by atoms with van der Waals surface area (Å²) in [6.07, 6.45) is 4.94. The summed E-state index contributed by atoms with van der Waals surface area (Å²) in [4.78, 5) is 24.4. The summed E-state index contributed by atoms with van der Waals surface area (Å²) in [5, 5.41) is 2.88. The molecule has 1 amide bonds. The van der Waals surface area contributed by atoms with Crippen molar-refractivity contribution in [1.29, 1.82) is 0 Å². The van der Waals surface area contributed by atoms with Gasteiger partial charge in [-0.3, -0.25) is 9.69 Å². The first kappa shape index (κ1) is 15.7. The second kappa shape index (κ2) is 8.53. The van der Waals surface area contributed by atoms with Gasteiger partial charge in [0, 0.05) is 58.1 Å². The second-order valence-corrected chi connectivity index (χ2v) is 5.12. The molecule has 0 atom stereocenters. The van der Waals surface area contributed by atoms with Gasteiger partial charge in [-0.1, -0.05) is 0 Å². The van der Waals surface area contributed by atoms with Crippen molar-refractivity contribution in [2.45, 2.75) is 12.8 Å². The Morgan fingerprint density at radius 3 is 2.62 bits per heavy atom. The molecule has 1 saturated heterocycles. The maximum absolute atomic E-state index is 11.3. The van der Waals surface area contributed by atoms with Gasteiger partial charge in [-0.05, 0) is 19.0 Å². The Kier molecular flexibility index (Phi) is 6.36. The van der Waals surface area contributed by atoms with E-state index in [4.69, 9.17) is 5.73 Å². The Morgan fingerprint density at radius 2 is 1.95 bits per heavy atom. The normalized spacial score (nSPS) is 16.0. The van der Waals surface area contributed by atoms with Crippen LogP contribution in [0.2, 0.25) is 0 Å². The molecule has 0 spiro atoms. The van der Waals surface area contributed by atoms with Crippen LogP contribution in [0.15, 0.2) is 18.5 Å². The lowest BCUT2D eigenvalue weighted by atomic mass is 10.3. The number of amides is 1. The standard InChI is InChI=1S/C14H24N6O/c15-4-3-13(21)16-7-2-8-19-9-11-20(12-10-19)14-17-5-1-6-18-14/h1,5-6H,2-4,7-12,15H2,(H,16,21). The lowest BCUT2D eigenvalue weighted by Gasteiger charge is -2.34. The molecule has 1 aromatic rings. The number of hydrogen-bond acceptors (Lipinski definition) is 6. The third-order valence-corrected chi connectivity index (χ3v) is 3.55. The number of hydrogen-bond donors (Lipinski definition) is 2. The highest BCUT2D eigenvalue weighted by Crippen LogP contribution is 2.09. The minimum Gasteiger partial charge on any atom is -0.356 e. The average Bonchev–Trinajstić information content (AvgIpc) is 2.53. The van der Waals surface area contributed by atoms with E-state index in [0.29, 0.717) is 13.0 Å². The predicted octanol–water partition coefficient (Wildman–Crippen LogP) is -0.546. The van der Waals surface area contributed by atoms with Crippen LogP contribution in [0.25, 0.3) is 0 Å². The van der Waals surface area contributed by atoms with Crippen molar-refractivity contribution < 1.29 is 4.79 Å². The van der Waals surface area contributed by atoms with Gasteiger partial charge in [-0.2, -0.15) is 0 Å². The number of anilines is 1. The Balaban J connectivity index is 1.60. The molecule has 0 saturated carbocycles. The highest BCUT2D eigenvalue weighted by atomic mass is 16.1. The van der Waals surface area contributed by atoms with Crippen molar-refractivity contribution in [2.75, 3.05) is 50.7 Å². The van der Waals surface area contributed by atoms with E-state index in [9.17, 15) is 4.79 Å². The van der Waals surface area contributed by atoms with E-state index in [2.05, 4.69) is 25.1 Å². The van der Waals surface area contributed by atoms with Crippen molar-refractivity contribution >= 4 is 11.9 Å². The summed E-state index contributed by atoms with van der Waals surface area (Å²) in [7, 11) is 0. The van der Waals surface area contributed by atoms with Crippen molar-refractivity contribution in [3.05, 3.63) is 18.5 Å². The highest BCUT2D eigenvalue weighted by Gasteiger charge is 2.18. The van der Waals surface area contributed by atoms with E-state index in [0.717, 1.165) is 51.6 Å². The fourth-order valence-electron chi connectivity index (χ4n) is 2.38. The van der Waals surface area contributed by atoms with Crippen molar-refractivity contribution in [2.24, 2.45) is 5.73 Å². The molecule has 1 fully saturated rings. The van der Waals surface area contributed by atoms with E-state index in [-0.39, 0.29) is 5.91 Å². The number of nitrogens with one attached hydrogen (secondary N) is 1. The van der Waals surface area contributed by atoms with E-state index in [1.54, 1.807) is 12.4 Å². The van der Waals surface area contributed by atoms with Crippen LogP contribution in [0, 0.1) is 0 Å². The van der Waals surface area contributed by atoms with Gasteiger partial charge in [0.15, 0.2) is 0 Å². The summed E-state index contributed by atoms with van der Waals surface area (Å²) in [6, 6.07) is 1.83. The average molecular weight is 292 g/mol. The molecule has 116 valence electrons. The maximum atomic E-state index is 11.3. The van der Waals surface area contributed by atoms with Crippen molar-refractivity contribution in [1.82, 2.24) is 20.2 Å². The molecule has 2 rings (SSSR count).